The number of carboxylic acids is 1. The Morgan fingerprint density at radius 3 is 2.65 bits per heavy atom. The Bertz CT molecular complexity index is 896. The molecule has 0 radical (unpaired) electrons. The van der Waals surface area contributed by atoms with Gasteiger partial charge in [-0.25, -0.2) is 0 Å². The van der Waals surface area contributed by atoms with Crippen LogP contribution in [0.15, 0.2) is 59.8 Å². The lowest BCUT2D eigenvalue weighted by molar-refractivity contribution is -0.136. The Kier molecular flexibility index (Phi) is 5.58. The van der Waals surface area contributed by atoms with Crippen LogP contribution in [0.2, 0.25) is 0 Å². The average molecular weight is 369 g/mol. The Morgan fingerprint density at radius 1 is 1.19 bits per heavy atom. The summed E-state index contributed by atoms with van der Waals surface area (Å²) in [4.78, 5) is 11.2. The highest BCUT2D eigenvalue weighted by molar-refractivity contribution is 8.00. The summed E-state index contributed by atoms with van der Waals surface area (Å²) in [7, 11) is 0. The lowest BCUT2D eigenvalue weighted by Crippen LogP contribution is -2.13. The van der Waals surface area contributed by atoms with E-state index in [-0.39, 0.29) is 6.61 Å². The smallest absolute Gasteiger partial charge is 0.316 e. The number of hydrogen-bond donors (Lipinski definition) is 1. The highest BCUT2D eigenvalue weighted by Crippen LogP contribution is 2.26. The van der Waals surface area contributed by atoms with Gasteiger partial charge in [-0.2, -0.15) is 0 Å². The first-order valence-corrected chi connectivity index (χ1v) is 9.01. The maximum atomic E-state index is 11.2. The number of ether oxygens (including phenoxy) is 1. The molecular formula is C19H19N3O3S. The van der Waals surface area contributed by atoms with Crippen molar-refractivity contribution in [3.8, 4) is 11.4 Å². The van der Waals surface area contributed by atoms with Gasteiger partial charge in [-0.3, -0.25) is 9.36 Å². The third kappa shape index (κ3) is 4.23. The van der Waals surface area contributed by atoms with E-state index in [1.807, 2.05) is 66.1 Å². The topological polar surface area (TPSA) is 77.2 Å². The monoisotopic (exact) mass is 369 g/mol. The van der Waals surface area contributed by atoms with E-state index in [9.17, 15) is 9.90 Å². The number of carboxylic acid groups (broad SMARTS) is 1. The summed E-state index contributed by atoms with van der Waals surface area (Å²) in [5.74, 6) is 0.466. The standard InChI is InChI=1S/C19H19N3O3S/c1-13-7-6-10-16(11-13)25-12-17-20-21-19(26-14(2)18(23)24)22(17)15-8-4-3-5-9-15/h3-11,14H,12H2,1-2H3,(H,23,24)/t14-/m1/s1. The molecule has 1 N–H and O–H groups in total. The zero-order valence-corrected chi connectivity index (χ0v) is 15.3. The van der Waals surface area contributed by atoms with E-state index in [0.29, 0.717) is 11.0 Å². The fourth-order valence-electron chi connectivity index (χ4n) is 2.37. The summed E-state index contributed by atoms with van der Waals surface area (Å²) in [6, 6.07) is 17.4. The minimum absolute atomic E-state index is 0.230. The maximum Gasteiger partial charge on any atom is 0.316 e. The summed E-state index contributed by atoms with van der Waals surface area (Å²) in [6.07, 6.45) is 0. The number of rotatable bonds is 7. The molecule has 0 aliphatic heterocycles. The fourth-order valence-corrected chi connectivity index (χ4v) is 3.19. The normalized spacial score (nSPS) is 11.9. The van der Waals surface area contributed by atoms with Crippen LogP contribution in [0.3, 0.4) is 0 Å². The van der Waals surface area contributed by atoms with Crippen LogP contribution in [-0.4, -0.2) is 31.1 Å². The Hall–Kier alpha value is -2.80. The number of thioether (sulfide) groups is 1. The molecule has 0 fully saturated rings. The molecule has 3 aromatic rings. The van der Waals surface area contributed by atoms with Crippen molar-refractivity contribution in [1.29, 1.82) is 0 Å². The van der Waals surface area contributed by atoms with Crippen LogP contribution in [0.5, 0.6) is 5.75 Å². The average Bonchev–Trinajstić information content (AvgIpc) is 3.03. The number of carbonyl (C=O) groups is 1. The van der Waals surface area contributed by atoms with Crippen LogP contribution in [0.4, 0.5) is 0 Å². The number of hydrogen-bond acceptors (Lipinski definition) is 5. The third-order valence-electron chi connectivity index (χ3n) is 3.70. The second-order valence-corrected chi connectivity index (χ2v) is 7.08. The molecule has 0 amide bonds. The van der Waals surface area contributed by atoms with E-state index in [4.69, 9.17) is 4.74 Å². The van der Waals surface area contributed by atoms with Gasteiger partial charge in [0, 0.05) is 5.69 Å². The van der Waals surface area contributed by atoms with Gasteiger partial charge in [-0.05, 0) is 43.7 Å². The van der Waals surface area contributed by atoms with Gasteiger partial charge in [0.15, 0.2) is 11.0 Å². The Morgan fingerprint density at radius 2 is 1.96 bits per heavy atom. The van der Waals surface area contributed by atoms with Gasteiger partial charge in [0.2, 0.25) is 0 Å². The zero-order valence-electron chi connectivity index (χ0n) is 14.5. The van der Waals surface area contributed by atoms with Crippen molar-refractivity contribution in [3.05, 3.63) is 66.0 Å². The third-order valence-corrected chi connectivity index (χ3v) is 4.73. The SMILES string of the molecule is Cc1cccc(OCc2nnc(S[C@H](C)C(=O)O)n2-c2ccccc2)c1. The van der Waals surface area contributed by atoms with Crippen molar-refractivity contribution >= 4 is 17.7 Å². The molecule has 0 aliphatic rings. The number of aromatic nitrogens is 3. The van der Waals surface area contributed by atoms with Gasteiger partial charge in [0.05, 0.1) is 0 Å². The quantitative estimate of drug-likeness (QED) is 0.640. The second kappa shape index (κ2) is 8.05. The zero-order chi connectivity index (χ0) is 18.5. The van der Waals surface area contributed by atoms with E-state index >= 15 is 0 Å². The maximum absolute atomic E-state index is 11.2. The van der Waals surface area contributed by atoms with Gasteiger partial charge < -0.3 is 9.84 Å². The molecule has 26 heavy (non-hydrogen) atoms. The first-order chi connectivity index (χ1) is 12.5. The highest BCUT2D eigenvalue weighted by Gasteiger charge is 2.20. The van der Waals surface area contributed by atoms with Crippen molar-refractivity contribution in [1.82, 2.24) is 14.8 Å². The highest BCUT2D eigenvalue weighted by atomic mass is 32.2. The minimum Gasteiger partial charge on any atom is -0.486 e. The van der Waals surface area contributed by atoms with E-state index < -0.39 is 11.2 Å². The van der Waals surface area contributed by atoms with Crippen LogP contribution >= 0.6 is 11.8 Å². The summed E-state index contributed by atoms with van der Waals surface area (Å²) in [6.45, 7) is 3.86. The largest absolute Gasteiger partial charge is 0.486 e. The van der Waals surface area contributed by atoms with Gasteiger partial charge >= 0.3 is 5.97 Å². The predicted octanol–water partition coefficient (Wildman–Crippen LogP) is 3.72. The molecule has 0 unspecified atom stereocenters. The molecule has 1 atom stereocenters. The van der Waals surface area contributed by atoms with Crippen LogP contribution in [0.1, 0.15) is 18.3 Å². The first kappa shape index (κ1) is 18.0. The van der Waals surface area contributed by atoms with Crippen molar-refractivity contribution in [2.45, 2.75) is 30.9 Å². The molecule has 0 saturated heterocycles. The van der Waals surface area contributed by atoms with Gasteiger partial charge in [-0.1, -0.05) is 42.1 Å². The molecule has 0 bridgehead atoms. The summed E-state index contributed by atoms with van der Waals surface area (Å²) in [5, 5.41) is 17.5. The van der Waals surface area contributed by atoms with E-state index in [0.717, 1.165) is 28.8 Å². The van der Waals surface area contributed by atoms with Crippen LogP contribution in [0, 0.1) is 6.92 Å². The van der Waals surface area contributed by atoms with Crippen molar-refractivity contribution in [3.63, 3.8) is 0 Å². The van der Waals surface area contributed by atoms with Crippen molar-refractivity contribution in [2.24, 2.45) is 0 Å². The number of para-hydroxylation sites is 1. The van der Waals surface area contributed by atoms with Crippen LogP contribution in [0.25, 0.3) is 5.69 Å². The lowest BCUT2D eigenvalue weighted by Gasteiger charge is -2.12. The molecule has 134 valence electrons. The van der Waals surface area contributed by atoms with E-state index in [1.165, 1.54) is 0 Å². The number of benzene rings is 2. The molecule has 0 saturated carbocycles. The number of nitrogens with zero attached hydrogens (tertiary/aromatic N) is 3. The van der Waals surface area contributed by atoms with Crippen LogP contribution < -0.4 is 4.74 Å². The van der Waals surface area contributed by atoms with Crippen LogP contribution in [-0.2, 0) is 11.4 Å². The van der Waals surface area contributed by atoms with Crippen molar-refractivity contribution < 1.29 is 14.6 Å². The first-order valence-electron chi connectivity index (χ1n) is 8.13. The molecule has 1 heterocycles. The second-order valence-electron chi connectivity index (χ2n) is 5.77. The summed E-state index contributed by atoms with van der Waals surface area (Å²) in [5.41, 5.74) is 1.97. The van der Waals surface area contributed by atoms with Crippen molar-refractivity contribution in [2.75, 3.05) is 0 Å². The molecule has 3 rings (SSSR count). The molecule has 7 heteroatoms. The van der Waals surface area contributed by atoms with E-state index in [1.54, 1.807) is 6.92 Å². The van der Waals surface area contributed by atoms with Gasteiger partial charge in [0.1, 0.15) is 17.6 Å². The molecular weight excluding hydrogens is 350 g/mol. The van der Waals surface area contributed by atoms with Gasteiger partial charge in [-0.15, -0.1) is 10.2 Å². The molecule has 0 spiro atoms. The molecule has 2 aromatic carbocycles. The van der Waals surface area contributed by atoms with Gasteiger partial charge in [0.25, 0.3) is 0 Å². The molecule has 1 aromatic heterocycles. The lowest BCUT2D eigenvalue weighted by atomic mass is 10.2. The Balaban J connectivity index is 1.89. The summed E-state index contributed by atoms with van der Waals surface area (Å²) < 4.78 is 7.69. The Labute approximate surface area is 155 Å². The molecule has 0 aliphatic carbocycles. The summed E-state index contributed by atoms with van der Waals surface area (Å²) >= 11 is 1.15. The minimum atomic E-state index is -0.893. The number of aliphatic carboxylic acids is 1. The van der Waals surface area contributed by atoms with E-state index in [2.05, 4.69) is 10.2 Å². The fraction of sp³-hybridized carbons (Fsp3) is 0.211. The molecule has 6 nitrogen and oxygen atoms in total. The number of aryl methyl sites for hydroxylation is 1. The predicted molar refractivity (Wildman–Crippen MR) is 99.8 cm³/mol.